The number of amides is 2. The highest BCUT2D eigenvalue weighted by molar-refractivity contribution is 6.00. The van der Waals surface area contributed by atoms with E-state index in [1.54, 1.807) is 41.5 Å². The number of hydrogen-bond acceptors (Lipinski definition) is 5. The van der Waals surface area contributed by atoms with Crippen LogP contribution in [0, 0.1) is 5.92 Å². The van der Waals surface area contributed by atoms with Crippen LogP contribution in [0.15, 0.2) is 0 Å². The molecular weight excluding hydrogens is 286 g/mol. The molecule has 0 unspecified atom stereocenters. The van der Waals surface area contributed by atoms with Crippen molar-refractivity contribution in [1.29, 1.82) is 0 Å². The van der Waals surface area contributed by atoms with Crippen LogP contribution in [0.4, 0.5) is 4.79 Å². The zero-order valence-electron chi connectivity index (χ0n) is 14.6. The van der Waals surface area contributed by atoms with E-state index < -0.39 is 29.3 Å². The minimum absolute atomic E-state index is 0.281. The summed E-state index contributed by atoms with van der Waals surface area (Å²) in [5, 5.41) is 0. The third-order valence-corrected chi connectivity index (χ3v) is 3.17. The summed E-state index contributed by atoms with van der Waals surface area (Å²) in [6, 6.07) is -0.911. The summed E-state index contributed by atoms with van der Waals surface area (Å²) in [6.07, 6.45) is 0.0605. The van der Waals surface area contributed by atoms with Crippen LogP contribution < -0.4 is 0 Å². The number of nitrogens with zero attached hydrogens (tertiary/aromatic N) is 1. The maximum Gasteiger partial charge on any atom is 0.417 e. The fraction of sp³-hybridized carbons (Fsp3) is 0.812. The van der Waals surface area contributed by atoms with E-state index in [1.807, 2.05) is 6.92 Å². The van der Waals surface area contributed by atoms with E-state index in [-0.39, 0.29) is 18.2 Å². The molecule has 2 atom stereocenters. The largest absolute Gasteiger partial charge is 0.458 e. The summed E-state index contributed by atoms with van der Waals surface area (Å²) in [6.45, 7) is 12.2. The van der Waals surface area contributed by atoms with Gasteiger partial charge in [0.15, 0.2) is 0 Å². The van der Waals surface area contributed by atoms with Crippen molar-refractivity contribution in [1.82, 2.24) is 4.90 Å². The van der Waals surface area contributed by atoms with Gasteiger partial charge in [-0.05, 0) is 54.4 Å². The molecule has 0 spiro atoms. The molecule has 0 radical (unpaired) electrons. The summed E-state index contributed by atoms with van der Waals surface area (Å²) >= 11 is 0. The van der Waals surface area contributed by atoms with Crippen molar-refractivity contribution in [2.75, 3.05) is 0 Å². The Morgan fingerprint density at radius 3 is 2.00 bits per heavy atom. The molecule has 0 aromatic carbocycles. The lowest BCUT2D eigenvalue weighted by atomic mass is 10.0. The molecule has 1 fully saturated rings. The molecular formula is C16H27NO5. The van der Waals surface area contributed by atoms with Gasteiger partial charge in [-0.3, -0.25) is 4.79 Å². The summed E-state index contributed by atoms with van der Waals surface area (Å²) in [5.41, 5.74) is -1.41. The fourth-order valence-electron chi connectivity index (χ4n) is 2.27. The van der Waals surface area contributed by atoms with Gasteiger partial charge in [0.1, 0.15) is 17.2 Å². The predicted molar refractivity (Wildman–Crippen MR) is 81.1 cm³/mol. The fourth-order valence-corrected chi connectivity index (χ4v) is 2.27. The first kappa shape index (κ1) is 18.5. The van der Waals surface area contributed by atoms with Crippen LogP contribution >= 0.6 is 0 Å². The Hall–Kier alpha value is -1.59. The SMILES string of the molecule is CC[C@H]1C[C@@H](C(=O)OC(C)(C)C)N(C(=O)OC(C)(C)C)C1=O. The second-order valence-corrected chi connectivity index (χ2v) is 7.58. The average Bonchev–Trinajstić information content (AvgIpc) is 2.61. The van der Waals surface area contributed by atoms with Gasteiger partial charge in [-0.25, -0.2) is 14.5 Å². The highest BCUT2D eigenvalue weighted by Crippen LogP contribution is 2.30. The van der Waals surface area contributed by atoms with Gasteiger partial charge in [0.2, 0.25) is 5.91 Å². The number of carbonyl (C=O) groups is 3. The van der Waals surface area contributed by atoms with E-state index in [1.165, 1.54) is 0 Å². The van der Waals surface area contributed by atoms with Gasteiger partial charge in [-0.15, -0.1) is 0 Å². The van der Waals surface area contributed by atoms with E-state index in [9.17, 15) is 14.4 Å². The number of hydrogen-bond donors (Lipinski definition) is 0. The van der Waals surface area contributed by atoms with Crippen molar-refractivity contribution in [2.45, 2.75) is 78.6 Å². The van der Waals surface area contributed by atoms with E-state index in [4.69, 9.17) is 9.47 Å². The quantitative estimate of drug-likeness (QED) is 0.733. The molecule has 1 aliphatic heterocycles. The van der Waals surface area contributed by atoms with Crippen LogP contribution in [-0.4, -0.2) is 40.1 Å². The van der Waals surface area contributed by atoms with Crippen molar-refractivity contribution < 1.29 is 23.9 Å². The first-order valence-electron chi connectivity index (χ1n) is 7.64. The molecule has 0 bridgehead atoms. The maximum absolute atomic E-state index is 12.4. The van der Waals surface area contributed by atoms with Crippen LogP contribution in [0.1, 0.15) is 61.3 Å². The van der Waals surface area contributed by atoms with Crippen molar-refractivity contribution in [3.05, 3.63) is 0 Å². The van der Waals surface area contributed by atoms with Crippen LogP contribution in [0.25, 0.3) is 0 Å². The van der Waals surface area contributed by atoms with Crippen molar-refractivity contribution >= 4 is 18.0 Å². The van der Waals surface area contributed by atoms with Crippen LogP contribution in [0.3, 0.4) is 0 Å². The lowest BCUT2D eigenvalue weighted by molar-refractivity contribution is -0.161. The topological polar surface area (TPSA) is 72.9 Å². The Morgan fingerprint density at radius 1 is 1.09 bits per heavy atom. The standard InChI is InChI=1S/C16H27NO5/c1-8-10-9-11(13(19)21-15(2,3)4)17(12(10)18)14(20)22-16(5,6)7/h10-11H,8-9H2,1-7H3/t10-,11-/m0/s1. The second-order valence-electron chi connectivity index (χ2n) is 7.58. The van der Waals surface area contributed by atoms with Gasteiger partial charge < -0.3 is 9.47 Å². The van der Waals surface area contributed by atoms with Gasteiger partial charge in [0, 0.05) is 5.92 Å². The van der Waals surface area contributed by atoms with Crippen LogP contribution in [0.5, 0.6) is 0 Å². The van der Waals surface area contributed by atoms with Crippen molar-refractivity contribution in [2.24, 2.45) is 5.92 Å². The lowest BCUT2D eigenvalue weighted by Crippen LogP contribution is -2.47. The molecule has 22 heavy (non-hydrogen) atoms. The Balaban J connectivity index is 3.00. The number of imide groups is 1. The molecule has 6 heteroatoms. The number of rotatable bonds is 2. The molecule has 126 valence electrons. The monoisotopic (exact) mass is 313 g/mol. The smallest absolute Gasteiger partial charge is 0.417 e. The highest BCUT2D eigenvalue weighted by atomic mass is 16.6. The summed E-state index contributed by atoms with van der Waals surface area (Å²) < 4.78 is 10.6. The van der Waals surface area contributed by atoms with Gasteiger partial charge in [0.25, 0.3) is 0 Å². The lowest BCUT2D eigenvalue weighted by Gasteiger charge is -2.28. The average molecular weight is 313 g/mol. The molecule has 6 nitrogen and oxygen atoms in total. The van der Waals surface area contributed by atoms with E-state index in [0.29, 0.717) is 6.42 Å². The van der Waals surface area contributed by atoms with Gasteiger partial charge in [-0.2, -0.15) is 0 Å². The molecule has 1 aliphatic rings. The minimum atomic E-state index is -0.911. The second kappa shape index (κ2) is 6.26. The number of carbonyl (C=O) groups excluding carboxylic acids is 3. The van der Waals surface area contributed by atoms with Crippen molar-refractivity contribution in [3.8, 4) is 0 Å². The molecule has 0 aromatic rings. The normalized spacial score (nSPS) is 22.7. The first-order valence-corrected chi connectivity index (χ1v) is 7.64. The Kier molecular flexibility index (Phi) is 5.25. The zero-order valence-corrected chi connectivity index (χ0v) is 14.6. The van der Waals surface area contributed by atoms with Gasteiger partial charge in [0.05, 0.1) is 0 Å². The van der Waals surface area contributed by atoms with E-state index in [2.05, 4.69) is 0 Å². The predicted octanol–water partition coefficient (Wildman–Crippen LogP) is 2.89. The third kappa shape index (κ3) is 4.71. The van der Waals surface area contributed by atoms with Crippen molar-refractivity contribution in [3.63, 3.8) is 0 Å². The number of likely N-dealkylation sites (tertiary alicyclic amines) is 1. The van der Waals surface area contributed by atoms with Gasteiger partial charge >= 0.3 is 12.1 Å². The third-order valence-electron chi connectivity index (χ3n) is 3.17. The Bertz CT molecular complexity index is 458. The molecule has 0 aliphatic carbocycles. The van der Waals surface area contributed by atoms with Crippen LogP contribution in [-0.2, 0) is 19.1 Å². The van der Waals surface area contributed by atoms with E-state index >= 15 is 0 Å². The number of ether oxygens (including phenoxy) is 2. The molecule has 2 amide bonds. The highest BCUT2D eigenvalue weighted by Gasteiger charge is 2.48. The molecule has 1 saturated heterocycles. The minimum Gasteiger partial charge on any atom is -0.458 e. The molecule has 0 aromatic heterocycles. The molecule has 1 heterocycles. The Morgan fingerprint density at radius 2 is 1.59 bits per heavy atom. The molecule has 0 N–H and O–H groups in total. The first-order chi connectivity index (χ1) is 9.85. The number of esters is 1. The summed E-state index contributed by atoms with van der Waals surface area (Å²) in [7, 11) is 0. The molecule has 1 rings (SSSR count). The van der Waals surface area contributed by atoms with E-state index in [0.717, 1.165) is 4.90 Å². The van der Waals surface area contributed by atoms with Gasteiger partial charge in [-0.1, -0.05) is 6.92 Å². The van der Waals surface area contributed by atoms with Crippen LogP contribution in [0.2, 0.25) is 0 Å². The maximum atomic E-state index is 12.4. The zero-order chi connectivity index (χ0) is 17.3. The Labute approximate surface area is 132 Å². The summed E-state index contributed by atoms with van der Waals surface area (Å²) in [5.74, 6) is -1.29. The molecule has 0 saturated carbocycles. The summed E-state index contributed by atoms with van der Waals surface area (Å²) in [4.78, 5) is 37.9.